The molecular weight excluding hydrogens is 556 g/mol. The minimum absolute atomic E-state index is 1.17. The standard InChI is InChI=1S/C44H79N2/c1-3-5-7-9-11-13-15-17-19-20-21-22-24-26-28-30-35-39-44-45(41-42-46(44)43-37-33-32-34-38-43)40-36-31-29-27-25-23-18-16-14-12-10-8-6-4-2/h32-34,37-38,41-42H,3-31,35-36,39-40H2,1-2H3/q+1. The molecule has 0 saturated heterocycles. The van der Waals surface area contributed by atoms with E-state index in [1.165, 1.54) is 224 Å². The van der Waals surface area contributed by atoms with E-state index in [2.05, 4.69) is 65.7 Å². The first-order valence-corrected chi connectivity index (χ1v) is 21.0. The van der Waals surface area contributed by atoms with Gasteiger partial charge < -0.3 is 0 Å². The molecule has 264 valence electrons. The number of nitrogens with zero attached hydrogens (tertiary/aromatic N) is 2. The second-order valence-electron chi connectivity index (χ2n) is 14.6. The predicted octanol–water partition coefficient (Wildman–Crippen LogP) is 14.4. The molecule has 2 heteroatoms. The molecule has 0 N–H and O–H groups in total. The summed E-state index contributed by atoms with van der Waals surface area (Å²) in [6.07, 6.45) is 50.2. The van der Waals surface area contributed by atoms with Crippen LogP contribution in [-0.2, 0) is 13.0 Å². The Morgan fingerprint density at radius 1 is 0.413 bits per heavy atom. The zero-order chi connectivity index (χ0) is 32.6. The highest BCUT2D eigenvalue weighted by atomic mass is 15.1. The molecule has 2 rings (SSSR count). The maximum atomic E-state index is 2.57. The molecule has 0 unspecified atom stereocenters. The number of imidazole rings is 1. The maximum Gasteiger partial charge on any atom is 0.261 e. The molecule has 0 radical (unpaired) electrons. The number of aryl methyl sites for hydroxylation is 1. The number of hydrogen-bond donors (Lipinski definition) is 0. The number of aromatic nitrogens is 2. The number of para-hydroxylation sites is 1. The molecule has 1 heterocycles. The van der Waals surface area contributed by atoms with E-state index in [4.69, 9.17) is 0 Å². The largest absolute Gasteiger partial charge is 0.261 e. The molecule has 0 bridgehead atoms. The van der Waals surface area contributed by atoms with Gasteiger partial charge in [0.05, 0.1) is 6.54 Å². The molecule has 0 saturated carbocycles. The van der Waals surface area contributed by atoms with Gasteiger partial charge in [0.25, 0.3) is 5.82 Å². The van der Waals surface area contributed by atoms with Crippen LogP contribution in [0.4, 0.5) is 0 Å². The van der Waals surface area contributed by atoms with Gasteiger partial charge in [-0.05, 0) is 31.4 Å². The first-order valence-electron chi connectivity index (χ1n) is 21.0. The summed E-state index contributed by atoms with van der Waals surface area (Å²) < 4.78 is 5.02. The Kier molecular flexibility index (Phi) is 27.1. The summed E-state index contributed by atoms with van der Waals surface area (Å²) in [7, 11) is 0. The van der Waals surface area contributed by atoms with E-state index in [1.807, 2.05) is 0 Å². The van der Waals surface area contributed by atoms with Gasteiger partial charge in [-0.25, -0.2) is 4.57 Å². The van der Waals surface area contributed by atoms with Crippen molar-refractivity contribution in [2.75, 3.05) is 0 Å². The van der Waals surface area contributed by atoms with Crippen molar-refractivity contribution in [3.8, 4) is 5.69 Å². The highest BCUT2D eigenvalue weighted by Gasteiger charge is 2.18. The van der Waals surface area contributed by atoms with E-state index in [1.54, 1.807) is 0 Å². The van der Waals surface area contributed by atoms with E-state index in [9.17, 15) is 0 Å². The summed E-state index contributed by atoms with van der Waals surface area (Å²) in [5, 5.41) is 0. The Morgan fingerprint density at radius 2 is 0.761 bits per heavy atom. The lowest BCUT2D eigenvalue weighted by molar-refractivity contribution is -0.704. The van der Waals surface area contributed by atoms with Crippen LogP contribution in [0.5, 0.6) is 0 Å². The minimum atomic E-state index is 1.17. The number of rotatable bonds is 34. The number of benzene rings is 1. The summed E-state index contributed by atoms with van der Waals surface area (Å²) in [5.41, 5.74) is 1.31. The molecule has 1 aromatic carbocycles. The molecule has 1 aromatic heterocycles. The van der Waals surface area contributed by atoms with Crippen molar-refractivity contribution < 1.29 is 4.57 Å². The third kappa shape index (κ3) is 21.3. The lowest BCUT2D eigenvalue weighted by atomic mass is 10.0. The van der Waals surface area contributed by atoms with Crippen molar-refractivity contribution >= 4 is 0 Å². The third-order valence-corrected chi connectivity index (χ3v) is 10.3. The van der Waals surface area contributed by atoms with Gasteiger partial charge in [-0.3, -0.25) is 0 Å². The van der Waals surface area contributed by atoms with Crippen LogP contribution in [0.1, 0.15) is 219 Å². The van der Waals surface area contributed by atoms with E-state index >= 15 is 0 Å². The fourth-order valence-corrected chi connectivity index (χ4v) is 7.23. The Hall–Kier alpha value is -1.57. The van der Waals surface area contributed by atoms with Crippen LogP contribution in [-0.4, -0.2) is 4.57 Å². The topological polar surface area (TPSA) is 8.81 Å². The highest BCUT2D eigenvalue weighted by molar-refractivity contribution is 5.31. The summed E-state index contributed by atoms with van der Waals surface area (Å²) >= 11 is 0. The second-order valence-corrected chi connectivity index (χ2v) is 14.6. The van der Waals surface area contributed by atoms with Crippen molar-refractivity contribution in [1.29, 1.82) is 0 Å². The summed E-state index contributed by atoms with van der Waals surface area (Å²) in [6, 6.07) is 11.0. The average molecular weight is 636 g/mol. The molecule has 0 amide bonds. The fourth-order valence-electron chi connectivity index (χ4n) is 7.23. The van der Waals surface area contributed by atoms with Gasteiger partial charge in [-0.1, -0.05) is 212 Å². The first kappa shape index (κ1) is 40.6. The monoisotopic (exact) mass is 636 g/mol. The number of hydrogen-bond acceptors (Lipinski definition) is 0. The Balaban J connectivity index is 1.53. The highest BCUT2D eigenvalue weighted by Crippen LogP contribution is 2.17. The quantitative estimate of drug-likeness (QED) is 0.0534. The molecule has 2 aromatic rings. The van der Waals surface area contributed by atoms with Gasteiger partial charge in [0.1, 0.15) is 18.1 Å². The van der Waals surface area contributed by atoms with Crippen molar-refractivity contribution in [2.45, 2.75) is 226 Å². The Labute approximate surface area is 288 Å². The number of unbranched alkanes of at least 4 members (excludes halogenated alkanes) is 29. The molecule has 0 aliphatic rings. The second kappa shape index (κ2) is 30.7. The first-order chi connectivity index (χ1) is 22.9. The predicted molar refractivity (Wildman–Crippen MR) is 204 cm³/mol. The van der Waals surface area contributed by atoms with Crippen LogP contribution in [0.25, 0.3) is 5.69 Å². The van der Waals surface area contributed by atoms with E-state index < -0.39 is 0 Å². The normalized spacial score (nSPS) is 11.5. The van der Waals surface area contributed by atoms with E-state index in [0.29, 0.717) is 0 Å². The van der Waals surface area contributed by atoms with Gasteiger partial charge in [0, 0.05) is 6.42 Å². The zero-order valence-corrected chi connectivity index (χ0v) is 31.3. The van der Waals surface area contributed by atoms with Crippen LogP contribution >= 0.6 is 0 Å². The van der Waals surface area contributed by atoms with Gasteiger partial charge >= 0.3 is 0 Å². The third-order valence-electron chi connectivity index (χ3n) is 10.3. The van der Waals surface area contributed by atoms with Gasteiger partial charge in [-0.15, -0.1) is 0 Å². The van der Waals surface area contributed by atoms with Crippen LogP contribution < -0.4 is 4.57 Å². The lowest BCUT2D eigenvalue weighted by Crippen LogP contribution is -2.37. The van der Waals surface area contributed by atoms with Crippen molar-refractivity contribution in [2.24, 2.45) is 0 Å². The summed E-state index contributed by atoms with van der Waals surface area (Å²) in [4.78, 5) is 0. The molecule has 0 spiro atoms. The van der Waals surface area contributed by atoms with Crippen LogP contribution in [0, 0.1) is 0 Å². The van der Waals surface area contributed by atoms with Crippen LogP contribution in [0.15, 0.2) is 42.7 Å². The fraction of sp³-hybridized carbons (Fsp3) is 0.795. The molecule has 2 nitrogen and oxygen atoms in total. The Morgan fingerprint density at radius 3 is 1.15 bits per heavy atom. The maximum absolute atomic E-state index is 2.57. The zero-order valence-electron chi connectivity index (χ0n) is 31.3. The molecule has 0 aliphatic carbocycles. The molecular formula is C44H79N2+. The van der Waals surface area contributed by atoms with Gasteiger partial charge in [-0.2, -0.15) is 4.57 Å². The smallest absolute Gasteiger partial charge is 0.234 e. The van der Waals surface area contributed by atoms with Gasteiger partial charge in [0.15, 0.2) is 0 Å². The van der Waals surface area contributed by atoms with Crippen LogP contribution in [0.3, 0.4) is 0 Å². The van der Waals surface area contributed by atoms with E-state index in [0.717, 1.165) is 0 Å². The van der Waals surface area contributed by atoms with E-state index in [-0.39, 0.29) is 0 Å². The Bertz CT molecular complexity index is 885. The molecule has 0 aliphatic heterocycles. The SMILES string of the molecule is CCCCCCCCCCCCCCCCCCCc1n(-c2ccccc2)cc[n+]1CCCCCCCCCCCCCCCC. The molecule has 46 heavy (non-hydrogen) atoms. The van der Waals surface area contributed by atoms with Crippen molar-refractivity contribution in [3.05, 3.63) is 48.5 Å². The molecule has 0 atom stereocenters. The van der Waals surface area contributed by atoms with Crippen molar-refractivity contribution in [1.82, 2.24) is 4.57 Å². The lowest BCUT2D eigenvalue weighted by Gasteiger charge is -2.07. The summed E-state index contributed by atoms with van der Waals surface area (Å²) in [6.45, 7) is 5.79. The average Bonchev–Trinajstić information content (AvgIpc) is 3.49. The van der Waals surface area contributed by atoms with Gasteiger partial charge in [0.2, 0.25) is 0 Å². The van der Waals surface area contributed by atoms with Crippen LogP contribution in [0.2, 0.25) is 0 Å². The summed E-state index contributed by atoms with van der Waals surface area (Å²) in [5.74, 6) is 1.50. The molecule has 0 fully saturated rings. The van der Waals surface area contributed by atoms with Crippen molar-refractivity contribution in [3.63, 3.8) is 0 Å². The minimum Gasteiger partial charge on any atom is -0.234 e.